The van der Waals surface area contributed by atoms with Crippen molar-refractivity contribution < 1.29 is 8.85 Å². The minimum Gasteiger partial charge on any atom is -0.497 e. The van der Waals surface area contributed by atoms with Crippen LogP contribution in [0.5, 0.6) is 5.75 Å². The molecule has 1 nitrogen and oxygen atoms in total. The van der Waals surface area contributed by atoms with Crippen LogP contribution in [-0.4, -0.2) is 7.11 Å². The van der Waals surface area contributed by atoms with E-state index in [1.54, 1.807) is 179 Å². The molecule has 0 aliphatic heterocycles. The average molecular weight is 886 g/mol. The first-order chi connectivity index (χ1) is 36.9. The van der Waals surface area contributed by atoms with Gasteiger partial charge in [-0.25, -0.2) is 0 Å². The molecule has 304 valence electrons. The fourth-order valence-electron chi connectivity index (χ4n) is 26.7. The van der Waals surface area contributed by atoms with Gasteiger partial charge in [-0.05, 0) is 336 Å². The van der Waals surface area contributed by atoms with Crippen LogP contribution in [0.4, 0.5) is 0 Å². The Balaban J connectivity index is 1.14. The molecule has 29 aromatic rings. The van der Waals surface area contributed by atoms with Gasteiger partial charge < -0.3 is 4.74 Å². The van der Waals surface area contributed by atoms with Gasteiger partial charge in [-0.1, -0.05) is 25.9 Å². The molecule has 0 saturated heterocycles. The van der Waals surface area contributed by atoms with Gasteiger partial charge in [0.25, 0.3) is 0 Å². The molecule has 0 unspecified atom stereocenters. The number of hydrogen-bond donors (Lipinski definition) is 0. The molecule has 0 amide bonds. The molecule has 34 rings (SSSR count). The molecule has 72 heavy (non-hydrogen) atoms. The number of rotatable bonds is 2. The Labute approximate surface area is 398 Å². The van der Waals surface area contributed by atoms with Crippen LogP contribution in [0, 0.1) is 5.41 Å². The van der Waals surface area contributed by atoms with Gasteiger partial charge in [-0.2, -0.15) is 0 Å². The summed E-state index contributed by atoms with van der Waals surface area (Å²) < 4.78 is 37.8. The van der Waals surface area contributed by atoms with E-state index in [0.29, 0.717) is 0 Å². The summed E-state index contributed by atoms with van der Waals surface area (Å²) in [6.45, 7) is -0.0175. The molecular weight excluding hydrogens is 869 g/mol. The Morgan fingerprint density at radius 3 is 0.681 bits per heavy atom. The maximum Gasteiger partial charge on any atom is 0.118 e. The van der Waals surface area contributed by atoms with Crippen molar-refractivity contribution >= 4 is 291 Å². The van der Waals surface area contributed by atoms with Gasteiger partial charge in [0, 0.05) is 20.9 Å². The Morgan fingerprint density at radius 1 is 0.292 bits per heavy atom. The van der Waals surface area contributed by atoms with Crippen LogP contribution >= 0.6 is 0 Å². The van der Waals surface area contributed by atoms with Crippen molar-refractivity contribution in [1.82, 2.24) is 0 Å². The highest BCUT2D eigenvalue weighted by Crippen LogP contribution is 2.93. The SMILES string of the molecule is [2H]C([2H])([2H])[C@]1(C)[C@H](c2ccc(OC)cc2)C23c4c5c6c7c8c9c(c%10c%11c2c2c4c4c%12c5c5c6c6c8c8c%13c9c9c%10c%10c%11c%11c2c2c4c4c%12c%12c5c5c6c8c6c8c%13c9c9c%10c%10c%11c2c2c4c4c%12c5c6c5c8c9c%10c2c45)C731. The Kier molecular flexibility index (Phi) is 2.15. The minimum atomic E-state index is -2.33. The highest BCUT2D eigenvalue weighted by Gasteiger charge is 2.85. The summed E-state index contributed by atoms with van der Waals surface area (Å²) in [6, 6.07) is 8.88. The summed E-state index contributed by atoms with van der Waals surface area (Å²) in [6.07, 6.45) is 0. The van der Waals surface area contributed by atoms with Crippen LogP contribution in [0.15, 0.2) is 24.3 Å². The van der Waals surface area contributed by atoms with Crippen LogP contribution in [0.25, 0.3) is 291 Å². The predicted octanol–water partition coefficient (Wildman–Crippen LogP) is 19.1. The number of ether oxygens (including phenoxy) is 1. The van der Waals surface area contributed by atoms with Crippen molar-refractivity contribution in [1.29, 1.82) is 0 Å². The molecular formula is C71H14O. The first-order valence-electron chi connectivity index (χ1n) is 28.3. The van der Waals surface area contributed by atoms with Gasteiger partial charge in [-0.3, -0.25) is 0 Å². The largest absolute Gasteiger partial charge is 0.497 e. The lowest BCUT2D eigenvalue weighted by atomic mass is 9.24. The summed E-state index contributed by atoms with van der Waals surface area (Å²) >= 11 is 0. The van der Waals surface area contributed by atoms with Gasteiger partial charge in [0.2, 0.25) is 0 Å². The third-order valence-electron chi connectivity index (χ3n) is 26.6. The van der Waals surface area contributed by atoms with Crippen LogP contribution in [0.2, 0.25) is 0 Å². The van der Waals surface area contributed by atoms with E-state index >= 15 is 0 Å². The molecule has 0 N–H and O–H groups in total. The van der Waals surface area contributed by atoms with Gasteiger partial charge in [0.15, 0.2) is 0 Å². The molecule has 2 spiro atoms. The molecule has 0 bridgehead atoms. The fraction of sp³-hybridized carbons (Fsp3) is 0.0986. The summed E-state index contributed by atoms with van der Waals surface area (Å²) in [5.74, 6) is 0.487. The van der Waals surface area contributed by atoms with Crippen molar-refractivity contribution in [2.24, 2.45) is 5.41 Å². The Bertz CT molecular complexity index is 7420. The second-order valence-electron chi connectivity index (χ2n) is 26.7. The number of benzene rings is 19. The van der Waals surface area contributed by atoms with Gasteiger partial charge in [0.1, 0.15) is 5.75 Å². The molecule has 0 aromatic heterocycles. The topological polar surface area (TPSA) is 9.23 Å². The quantitative estimate of drug-likeness (QED) is 0.157. The molecule has 0 radical (unpaired) electrons. The normalized spacial score (nSPS) is 26.0. The third kappa shape index (κ3) is 1.40. The van der Waals surface area contributed by atoms with E-state index < -0.39 is 23.1 Å². The molecule has 1 fully saturated rings. The average Bonchev–Trinajstić information content (AvgIpc) is 1.97. The predicted molar refractivity (Wildman–Crippen MR) is 303 cm³/mol. The Morgan fingerprint density at radius 2 is 0.486 bits per heavy atom. The van der Waals surface area contributed by atoms with Gasteiger partial charge in [-0.15, -0.1) is 0 Å². The van der Waals surface area contributed by atoms with Crippen LogP contribution < -0.4 is 4.74 Å². The van der Waals surface area contributed by atoms with E-state index in [4.69, 9.17) is 4.74 Å². The van der Waals surface area contributed by atoms with E-state index in [1.807, 2.05) is 0 Å². The lowest BCUT2D eigenvalue weighted by Gasteiger charge is -2.76. The number of hydrogen-bond acceptors (Lipinski definition) is 1. The standard InChI is InChI=1S/C71H14O/c1-69(2)68(8-4-6-9(72-3)7-5-8)70-64-56-48-38-28-20-12-10-11-14-18-16(12)24-32-26(18)36-30-22(14)23-15(11)19-17-13(10)21(20)29-35-25(17)33-27(19)37-31(23)41-40(30)52-46(36)54-44(32)50(42(48)34(24)28)58(64)60(54)66-62(52)63-53(41)47(37)55-45(33)51-43(35)49(39(29)38)57(56)65(70)59(51)61(55)67(63)71(66,69)70/h4-7,68H,1-3H3/t68-,70?,71?/m0/s1/i1D3/t68-,69-,70?,71?. The van der Waals surface area contributed by atoms with Crippen molar-refractivity contribution in [3.8, 4) is 5.75 Å². The highest BCUT2D eigenvalue weighted by molar-refractivity contribution is 6.82. The minimum absolute atomic E-state index is 0.334. The van der Waals surface area contributed by atoms with Crippen molar-refractivity contribution in [3.63, 3.8) is 0 Å². The van der Waals surface area contributed by atoms with Crippen molar-refractivity contribution in [2.75, 3.05) is 7.11 Å². The molecule has 0 heterocycles. The third-order valence-corrected chi connectivity index (χ3v) is 26.6. The lowest BCUT2D eigenvalue weighted by Crippen LogP contribution is -2.75. The summed E-state index contributed by atoms with van der Waals surface area (Å²) in [7, 11) is 1.76. The lowest BCUT2D eigenvalue weighted by molar-refractivity contribution is -0.0571. The number of methoxy groups -OCH3 is 1. The molecule has 1 saturated carbocycles. The summed E-state index contributed by atoms with van der Waals surface area (Å²) in [5, 5.41) is 83.6. The fourth-order valence-corrected chi connectivity index (χ4v) is 26.7. The molecule has 1 heteroatoms. The van der Waals surface area contributed by atoms with Crippen LogP contribution in [0.3, 0.4) is 0 Å². The Hall–Kier alpha value is -8.52. The van der Waals surface area contributed by atoms with Crippen molar-refractivity contribution in [3.05, 3.63) is 52.1 Å². The second-order valence-corrected chi connectivity index (χ2v) is 26.7. The highest BCUT2D eigenvalue weighted by atomic mass is 16.5. The first kappa shape index (κ1) is 25.6. The van der Waals surface area contributed by atoms with E-state index in [0.717, 1.165) is 11.3 Å². The zero-order valence-electron chi connectivity index (χ0n) is 40.3. The first-order valence-corrected chi connectivity index (χ1v) is 26.8. The second kappa shape index (κ2) is 6.06. The molecule has 29 aromatic carbocycles. The van der Waals surface area contributed by atoms with E-state index in [2.05, 4.69) is 31.2 Å². The van der Waals surface area contributed by atoms with E-state index in [9.17, 15) is 4.11 Å². The maximum absolute atomic E-state index is 10.6. The zero-order chi connectivity index (χ0) is 45.8. The summed E-state index contributed by atoms with van der Waals surface area (Å²) in [5.41, 5.74) is 4.36. The maximum atomic E-state index is 10.6. The molecule has 5 aliphatic carbocycles. The van der Waals surface area contributed by atoms with E-state index in [1.165, 1.54) is 141 Å². The van der Waals surface area contributed by atoms with Crippen molar-refractivity contribution in [2.45, 2.75) is 30.5 Å². The van der Waals surface area contributed by atoms with Crippen LogP contribution in [0.1, 0.15) is 51.6 Å². The zero-order valence-corrected chi connectivity index (χ0v) is 37.3. The van der Waals surface area contributed by atoms with Gasteiger partial charge >= 0.3 is 0 Å². The molecule has 5 aliphatic rings. The van der Waals surface area contributed by atoms with Gasteiger partial charge in [0.05, 0.1) is 7.11 Å². The smallest absolute Gasteiger partial charge is 0.118 e. The van der Waals surface area contributed by atoms with E-state index in [-0.39, 0.29) is 5.92 Å². The molecule has 2 atom stereocenters. The summed E-state index contributed by atoms with van der Waals surface area (Å²) in [4.78, 5) is 0. The monoisotopic (exact) mass is 885 g/mol. The van der Waals surface area contributed by atoms with Crippen LogP contribution in [-0.2, 0) is 10.8 Å².